The standard InChI is InChI=1S/C19H19N7O/c1-26-15-10-12(21-18-17-14(23-24-18)6-3-9-20-17)7-8-13(15)16(25-26)19(27)22-11-4-2-5-11/h3,6-11H,2,4-5H2,1H3,(H,22,27)(H2,21,23,24). The molecule has 1 amide bonds. The predicted octanol–water partition coefficient (Wildman–Crippen LogP) is 2.87. The molecule has 4 aromatic rings. The molecule has 27 heavy (non-hydrogen) atoms. The van der Waals surface area contributed by atoms with Gasteiger partial charge in [0.2, 0.25) is 0 Å². The Hall–Kier alpha value is -3.42. The summed E-state index contributed by atoms with van der Waals surface area (Å²) in [5.41, 5.74) is 3.86. The first-order valence-corrected chi connectivity index (χ1v) is 9.03. The van der Waals surface area contributed by atoms with Crippen LogP contribution in [0.3, 0.4) is 0 Å². The molecule has 5 rings (SSSR count). The molecule has 1 aliphatic carbocycles. The molecule has 3 aromatic heterocycles. The third kappa shape index (κ3) is 2.69. The molecule has 0 atom stereocenters. The fourth-order valence-electron chi connectivity index (χ4n) is 3.39. The van der Waals surface area contributed by atoms with Gasteiger partial charge in [-0.2, -0.15) is 10.2 Å². The summed E-state index contributed by atoms with van der Waals surface area (Å²) in [6.07, 6.45) is 5.02. The molecule has 0 bridgehead atoms. The third-order valence-electron chi connectivity index (χ3n) is 5.09. The number of carbonyl (C=O) groups is 1. The largest absolute Gasteiger partial charge is 0.348 e. The van der Waals surface area contributed by atoms with Gasteiger partial charge in [-0.3, -0.25) is 19.6 Å². The second kappa shape index (κ2) is 6.08. The third-order valence-corrected chi connectivity index (χ3v) is 5.09. The lowest BCUT2D eigenvalue weighted by Gasteiger charge is -2.25. The van der Waals surface area contributed by atoms with Gasteiger partial charge in [0.15, 0.2) is 11.5 Å². The van der Waals surface area contributed by atoms with Crippen molar-refractivity contribution in [2.45, 2.75) is 25.3 Å². The summed E-state index contributed by atoms with van der Waals surface area (Å²) in [6, 6.07) is 9.89. The van der Waals surface area contributed by atoms with Gasteiger partial charge in [0.1, 0.15) is 5.52 Å². The molecule has 3 heterocycles. The fraction of sp³-hybridized carbons (Fsp3) is 0.263. The summed E-state index contributed by atoms with van der Waals surface area (Å²) < 4.78 is 1.73. The number of rotatable bonds is 4. The molecular formula is C19H19N7O. The number of hydrogen-bond acceptors (Lipinski definition) is 5. The highest BCUT2D eigenvalue weighted by molar-refractivity contribution is 6.05. The van der Waals surface area contributed by atoms with E-state index >= 15 is 0 Å². The first kappa shape index (κ1) is 15.8. The summed E-state index contributed by atoms with van der Waals surface area (Å²) in [5.74, 6) is 0.559. The first-order valence-electron chi connectivity index (χ1n) is 9.03. The molecule has 1 saturated carbocycles. The molecular weight excluding hydrogens is 342 g/mol. The maximum Gasteiger partial charge on any atom is 0.272 e. The Balaban J connectivity index is 1.46. The van der Waals surface area contributed by atoms with Crippen LogP contribution in [0.5, 0.6) is 0 Å². The van der Waals surface area contributed by atoms with Gasteiger partial charge in [-0.15, -0.1) is 0 Å². The zero-order valence-electron chi connectivity index (χ0n) is 14.9. The van der Waals surface area contributed by atoms with E-state index in [1.54, 1.807) is 10.9 Å². The number of amides is 1. The van der Waals surface area contributed by atoms with E-state index in [4.69, 9.17) is 0 Å². The zero-order valence-corrected chi connectivity index (χ0v) is 14.9. The number of H-pyrrole nitrogens is 1. The smallest absolute Gasteiger partial charge is 0.272 e. The Morgan fingerprint density at radius 1 is 1.30 bits per heavy atom. The van der Waals surface area contributed by atoms with Crippen molar-refractivity contribution in [1.29, 1.82) is 0 Å². The van der Waals surface area contributed by atoms with Crippen LogP contribution in [0.15, 0.2) is 36.5 Å². The van der Waals surface area contributed by atoms with E-state index in [2.05, 4.69) is 30.9 Å². The van der Waals surface area contributed by atoms with Crippen LogP contribution in [0.25, 0.3) is 21.9 Å². The minimum absolute atomic E-state index is 0.103. The molecule has 0 unspecified atom stereocenters. The van der Waals surface area contributed by atoms with Gasteiger partial charge in [-0.05, 0) is 49.6 Å². The Bertz CT molecular complexity index is 1160. The van der Waals surface area contributed by atoms with E-state index in [0.717, 1.165) is 40.5 Å². The van der Waals surface area contributed by atoms with Crippen LogP contribution in [0.2, 0.25) is 0 Å². The van der Waals surface area contributed by atoms with Crippen molar-refractivity contribution in [3.63, 3.8) is 0 Å². The van der Waals surface area contributed by atoms with Gasteiger partial charge in [-0.25, -0.2) is 0 Å². The molecule has 1 fully saturated rings. The van der Waals surface area contributed by atoms with Gasteiger partial charge < -0.3 is 10.6 Å². The predicted molar refractivity (Wildman–Crippen MR) is 103 cm³/mol. The van der Waals surface area contributed by atoms with Gasteiger partial charge in [-0.1, -0.05) is 0 Å². The van der Waals surface area contributed by atoms with E-state index in [9.17, 15) is 4.79 Å². The number of hydrogen-bond donors (Lipinski definition) is 3. The number of pyridine rings is 1. The highest BCUT2D eigenvalue weighted by Crippen LogP contribution is 2.27. The topological polar surface area (TPSA) is 101 Å². The number of aryl methyl sites for hydroxylation is 1. The minimum atomic E-state index is -0.103. The van der Waals surface area contributed by atoms with E-state index in [1.807, 2.05) is 37.4 Å². The van der Waals surface area contributed by atoms with Crippen molar-refractivity contribution in [1.82, 2.24) is 30.3 Å². The van der Waals surface area contributed by atoms with Crippen LogP contribution in [-0.2, 0) is 7.05 Å². The Labute approximate surface area is 155 Å². The zero-order chi connectivity index (χ0) is 18.4. The normalized spacial score (nSPS) is 14.4. The number of carbonyl (C=O) groups excluding carboxylic acids is 1. The molecule has 1 aliphatic rings. The van der Waals surface area contributed by atoms with Gasteiger partial charge in [0.05, 0.1) is 11.0 Å². The van der Waals surface area contributed by atoms with E-state index in [0.29, 0.717) is 11.5 Å². The molecule has 8 nitrogen and oxygen atoms in total. The Morgan fingerprint density at radius 2 is 2.19 bits per heavy atom. The lowest BCUT2D eigenvalue weighted by Crippen LogP contribution is -2.39. The van der Waals surface area contributed by atoms with Crippen molar-refractivity contribution >= 4 is 39.3 Å². The monoisotopic (exact) mass is 361 g/mol. The summed E-state index contributed by atoms with van der Waals surface area (Å²) >= 11 is 0. The van der Waals surface area contributed by atoms with Crippen molar-refractivity contribution in [2.75, 3.05) is 5.32 Å². The van der Waals surface area contributed by atoms with Crippen LogP contribution in [0.4, 0.5) is 11.5 Å². The highest BCUT2D eigenvalue weighted by atomic mass is 16.2. The molecule has 1 aromatic carbocycles. The fourth-order valence-corrected chi connectivity index (χ4v) is 3.39. The number of fused-ring (bicyclic) bond motifs is 2. The van der Waals surface area contributed by atoms with Crippen molar-refractivity contribution in [3.8, 4) is 0 Å². The van der Waals surface area contributed by atoms with Crippen LogP contribution in [0.1, 0.15) is 29.8 Å². The number of aromatic amines is 1. The van der Waals surface area contributed by atoms with E-state index in [1.165, 1.54) is 6.42 Å². The lowest BCUT2D eigenvalue weighted by atomic mass is 9.93. The molecule has 0 aliphatic heterocycles. The minimum Gasteiger partial charge on any atom is -0.348 e. The van der Waals surface area contributed by atoms with Gasteiger partial charge >= 0.3 is 0 Å². The molecule has 0 radical (unpaired) electrons. The highest BCUT2D eigenvalue weighted by Gasteiger charge is 2.23. The molecule has 0 spiro atoms. The average Bonchev–Trinajstić information content (AvgIpc) is 3.20. The molecule has 0 saturated heterocycles. The number of benzene rings is 1. The van der Waals surface area contributed by atoms with Gasteiger partial charge in [0.25, 0.3) is 5.91 Å². The maximum atomic E-state index is 12.5. The molecule has 3 N–H and O–H groups in total. The van der Waals surface area contributed by atoms with Gasteiger partial charge in [0, 0.05) is 30.4 Å². The second-order valence-corrected chi connectivity index (χ2v) is 6.90. The van der Waals surface area contributed by atoms with Crippen LogP contribution < -0.4 is 10.6 Å². The van der Waals surface area contributed by atoms with Crippen molar-refractivity contribution < 1.29 is 4.79 Å². The molecule has 136 valence electrons. The number of nitrogens with zero attached hydrogens (tertiary/aromatic N) is 4. The number of nitrogens with one attached hydrogen (secondary N) is 3. The Morgan fingerprint density at radius 3 is 3.00 bits per heavy atom. The van der Waals surface area contributed by atoms with Crippen LogP contribution >= 0.6 is 0 Å². The van der Waals surface area contributed by atoms with Crippen molar-refractivity contribution in [2.24, 2.45) is 7.05 Å². The van der Waals surface area contributed by atoms with Crippen LogP contribution in [0, 0.1) is 0 Å². The number of anilines is 2. The SMILES string of the molecule is Cn1nc(C(=O)NC2CCC2)c2ccc(Nc3n[nH]c4cccnc34)cc21. The number of aromatic nitrogens is 5. The first-order chi connectivity index (χ1) is 13.2. The summed E-state index contributed by atoms with van der Waals surface area (Å²) in [6.45, 7) is 0. The van der Waals surface area contributed by atoms with E-state index < -0.39 is 0 Å². The molecule has 8 heteroatoms. The second-order valence-electron chi connectivity index (χ2n) is 6.90. The quantitative estimate of drug-likeness (QED) is 0.519. The van der Waals surface area contributed by atoms with Crippen LogP contribution in [-0.4, -0.2) is 36.9 Å². The Kier molecular flexibility index (Phi) is 3.56. The summed E-state index contributed by atoms with van der Waals surface area (Å²) in [5, 5.41) is 18.9. The van der Waals surface area contributed by atoms with Crippen molar-refractivity contribution in [3.05, 3.63) is 42.2 Å². The van der Waals surface area contributed by atoms with E-state index in [-0.39, 0.29) is 11.9 Å². The maximum absolute atomic E-state index is 12.5. The summed E-state index contributed by atoms with van der Waals surface area (Å²) in [7, 11) is 1.84. The lowest BCUT2D eigenvalue weighted by molar-refractivity contribution is 0.0912. The summed E-state index contributed by atoms with van der Waals surface area (Å²) in [4.78, 5) is 16.9. The average molecular weight is 361 g/mol.